The van der Waals surface area contributed by atoms with Gasteiger partial charge in [-0.15, -0.1) is 0 Å². The van der Waals surface area contributed by atoms with Crippen molar-refractivity contribution in [3.8, 4) is 0 Å². The number of fused-ring (bicyclic) bond motifs is 1. The third-order valence-electron chi connectivity index (χ3n) is 4.66. The average Bonchev–Trinajstić information content (AvgIpc) is 3.24. The molecule has 2 aromatic rings. The minimum Gasteiger partial charge on any atom is -0.345 e. The van der Waals surface area contributed by atoms with Crippen LogP contribution in [0, 0.1) is 0 Å². The number of anilines is 1. The van der Waals surface area contributed by atoms with Gasteiger partial charge in [-0.2, -0.15) is 4.37 Å². The van der Waals surface area contributed by atoms with Gasteiger partial charge in [0.25, 0.3) is 0 Å². The topological polar surface area (TPSA) is 46.8 Å². The zero-order chi connectivity index (χ0) is 14.2. The van der Waals surface area contributed by atoms with E-state index in [2.05, 4.69) is 37.1 Å². The zero-order valence-electron chi connectivity index (χ0n) is 12.5. The van der Waals surface area contributed by atoms with Crippen molar-refractivity contribution in [1.29, 1.82) is 0 Å². The van der Waals surface area contributed by atoms with Gasteiger partial charge in [-0.25, -0.2) is 9.97 Å². The monoisotopic (exact) mass is 303 g/mol. The number of hydrogen-bond donors (Lipinski definition) is 0. The number of aromatic nitrogens is 4. The summed E-state index contributed by atoms with van der Waals surface area (Å²) in [5.74, 6) is 0.971. The molecule has 0 bridgehead atoms. The lowest BCUT2D eigenvalue weighted by atomic mass is 10.0. The van der Waals surface area contributed by atoms with Crippen LogP contribution in [0.1, 0.15) is 49.4 Å². The minimum absolute atomic E-state index is 0.549. The Bertz CT molecular complexity index is 632. The number of rotatable bonds is 3. The average molecular weight is 303 g/mol. The van der Waals surface area contributed by atoms with Crippen molar-refractivity contribution in [2.24, 2.45) is 0 Å². The molecule has 1 aliphatic carbocycles. The van der Waals surface area contributed by atoms with Crippen molar-refractivity contribution in [3.63, 3.8) is 0 Å². The maximum Gasteiger partial charge on any atom is 0.205 e. The van der Waals surface area contributed by atoms with E-state index in [0.29, 0.717) is 6.04 Å². The van der Waals surface area contributed by atoms with Crippen molar-refractivity contribution in [1.82, 2.24) is 18.9 Å². The summed E-state index contributed by atoms with van der Waals surface area (Å²) in [5.41, 5.74) is 2.82. The molecule has 1 aliphatic heterocycles. The lowest BCUT2D eigenvalue weighted by Crippen LogP contribution is -2.21. The van der Waals surface area contributed by atoms with Crippen LogP contribution in [0.4, 0.5) is 5.13 Å². The van der Waals surface area contributed by atoms with Crippen LogP contribution in [0.15, 0.2) is 6.33 Å². The lowest BCUT2D eigenvalue weighted by molar-refractivity contribution is 0.515. The number of hydrogen-bond acceptors (Lipinski definition) is 5. The molecule has 1 saturated heterocycles. The first-order valence-corrected chi connectivity index (χ1v) is 8.74. The third kappa shape index (κ3) is 2.35. The van der Waals surface area contributed by atoms with Crippen LogP contribution in [0.3, 0.4) is 0 Å². The second-order valence-electron chi connectivity index (χ2n) is 5.99. The molecule has 0 saturated carbocycles. The molecule has 0 aromatic carbocycles. The Morgan fingerprint density at radius 1 is 1.33 bits per heavy atom. The van der Waals surface area contributed by atoms with E-state index in [-0.39, 0.29) is 0 Å². The van der Waals surface area contributed by atoms with E-state index in [1.807, 2.05) is 0 Å². The molecule has 0 amide bonds. The van der Waals surface area contributed by atoms with Gasteiger partial charge < -0.3 is 9.47 Å². The van der Waals surface area contributed by atoms with E-state index in [0.717, 1.165) is 36.9 Å². The first kappa shape index (κ1) is 13.2. The molecule has 1 atom stereocenters. The SMILES string of the molecule is CCc1nsc(N2CC[C@H](n3cnc4c3CCCC4)C2)n1. The van der Waals surface area contributed by atoms with Crippen LogP contribution in [0.5, 0.6) is 0 Å². The third-order valence-corrected chi connectivity index (χ3v) is 5.48. The van der Waals surface area contributed by atoms with E-state index in [1.165, 1.54) is 48.6 Å². The van der Waals surface area contributed by atoms with Crippen LogP contribution >= 0.6 is 11.5 Å². The highest BCUT2D eigenvalue weighted by molar-refractivity contribution is 7.09. The first-order chi connectivity index (χ1) is 10.3. The van der Waals surface area contributed by atoms with E-state index in [9.17, 15) is 0 Å². The summed E-state index contributed by atoms with van der Waals surface area (Å²) in [7, 11) is 0. The maximum atomic E-state index is 4.64. The van der Waals surface area contributed by atoms with Crippen LogP contribution in [-0.4, -0.2) is 32.0 Å². The molecule has 2 aliphatic rings. The van der Waals surface area contributed by atoms with Crippen molar-refractivity contribution in [3.05, 3.63) is 23.5 Å². The van der Waals surface area contributed by atoms with Gasteiger partial charge in [0, 0.05) is 36.7 Å². The minimum atomic E-state index is 0.549. The first-order valence-electron chi connectivity index (χ1n) is 7.97. The highest BCUT2D eigenvalue weighted by Gasteiger charge is 2.28. The standard InChI is InChI=1S/C15H21N5S/c1-2-14-17-15(21-18-14)19-8-7-11(9-19)20-10-16-12-5-3-4-6-13(12)20/h10-11H,2-9H2,1H3/t11-/m0/s1. The fourth-order valence-electron chi connectivity index (χ4n) is 3.47. The highest BCUT2D eigenvalue weighted by Crippen LogP contribution is 2.31. The molecule has 21 heavy (non-hydrogen) atoms. The zero-order valence-corrected chi connectivity index (χ0v) is 13.3. The molecular weight excluding hydrogens is 282 g/mol. The van der Waals surface area contributed by atoms with Gasteiger partial charge in [0.05, 0.1) is 18.1 Å². The summed E-state index contributed by atoms with van der Waals surface area (Å²) in [4.78, 5) is 11.6. The van der Waals surface area contributed by atoms with E-state index in [1.54, 1.807) is 0 Å². The molecule has 0 unspecified atom stereocenters. The van der Waals surface area contributed by atoms with Gasteiger partial charge in [0.15, 0.2) is 0 Å². The van der Waals surface area contributed by atoms with Gasteiger partial charge >= 0.3 is 0 Å². The molecular formula is C15H21N5S. The van der Waals surface area contributed by atoms with Crippen molar-refractivity contribution >= 4 is 16.7 Å². The normalized spacial score (nSPS) is 21.8. The van der Waals surface area contributed by atoms with Crippen molar-refractivity contribution in [2.45, 2.75) is 51.5 Å². The van der Waals surface area contributed by atoms with E-state index < -0.39 is 0 Å². The second kappa shape index (κ2) is 5.40. The largest absolute Gasteiger partial charge is 0.345 e. The quantitative estimate of drug-likeness (QED) is 0.874. The molecule has 0 N–H and O–H groups in total. The molecule has 3 heterocycles. The molecule has 2 aromatic heterocycles. The lowest BCUT2D eigenvalue weighted by Gasteiger charge is -2.19. The van der Waals surface area contributed by atoms with E-state index in [4.69, 9.17) is 0 Å². The molecule has 4 rings (SSSR count). The summed E-state index contributed by atoms with van der Waals surface area (Å²) < 4.78 is 6.85. The smallest absolute Gasteiger partial charge is 0.205 e. The summed E-state index contributed by atoms with van der Waals surface area (Å²) in [6.07, 6.45) is 9.14. The Morgan fingerprint density at radius 3 is 3.10 bits per heavy atom. The Balaban J connectivity index is 1.52. The summed E-state index contributed by atoms with van der Waals surface area (Å²) in [6.45, 7) is 4.23. The van der Waals surface area contributed by atoms with Crippen molar-refractivity contribution < 1.29 is 0 Å². The Morgan fingerprint density at radius 2 is 2.24 bits per heavy atom. The number of nitrogens with zero attached hydrogens (tertiary/aromatic N) is 5. The van der Waals surface area contributed by atoms with Gasteiger partial charge in [-0.1, -0.05) is 6.92 Å². The second-order valence-corrected chi connectivity index (χ2v) is 6.72. The summed E-state index contributed by atoms with van der Waals surface area (Å²) >= 11 is 1.54. The maximum absolute atomic E-state index is 4.64. The molecule has 0 spiro atoms. The van der Waals surface area contributed by atoms with Crippen LogP contribution < -0.4 is 4.90 Å². The summed E-state index contributed by atoms with van der Waals surface area (Å²) in [5, 5.41) is 1.09. The molecule has 112 valence electrons. The van der Waals surface area contributed by atoms with Crippen molar-refractivity contribution in [2.75, 3.05) is 18.0 Å². The molecule has 0 radical (unpaired) electrons. The summed E-state index contributed by atoms with van der Waals surface area (Å²) in [6, 6.07) is 0.549. The van der Waals surface area contributed by atoms with Gasteiger partial charge in [-0.05, 0) is 32.1 Å². The molecule has 6 heteroatoms. The number of imidazole rings is 1. The van der Waals surface area contributed by atoms with Crippen LogP contribution in [-0.2, 0) is 19.3 Å². The highest BCUT2D eigenvalue weighted by atomic mass is 32.1. The van der Waals surface area contributed by atoms with Crippen LogP contribution in [0.25, 0.3) is 0 Å². The Kier molecular flexibility index (Phi) is 3.41. The number of aryl methyl sites for hydroxylation is 2. The fraction of sp³-hybridized carbons (Fsp3) is 0.667. The van der Waals surface area contributed by atoms with Gasteiger partial charge in [0.1, 0.15) is 5.82 Å². The van der Waals surface area contributed by atoms with E-state index >= 15 is 0 Å². The molecule has 5 nitrogen and oxygen atoms in total. The molecule has 1 fully saturated rings. The van der Waals surface area contributed by atoms with Gasteiger partial charge in [-0.3, -0.25) is 0 Å². The van der Waals surface area contributed by atoms with Crippen LogP contribution in [0.2, 0.25) is 0 Å². The fourth-order valence-corrected chi connectivity index (χ4v) is 4.25. The predicted molar refractivity (Wildman–Crippen MR) is 84.0 cm³/mol. The Hall–Kier alpha value is -1.43. The Labute approximate surface area is 129 Å². The van der Waals surface area contributed by atoms with Gasteiger partial charge in [0.2, 0.25) is 5.13 Å². The predicted octanol–water partition coefficient (Wildman–Crippen LogP) is 2.63.